The number of nitrogens with one attached hydrogen (secondary N) is 2. The van der Waals surface area contributed by atoms with E-state index in [1.165, 1.54) is 17.8 Å². The largest absolute Gasteiger partial charge is 0.383 e. The van der Waals surface area contributed by atoms with E-state index in [1.54, 1.807) is 13.2 Å². The molecule has 6 heteroatoms. The van der Waals surface area contributed by atoms with Gasteiger partial charge in [-0.05, 0) is 30.5 Å². The molecule has 0 radical (unpaired) electrons. The van der Waals surface area contributed by atoms with Crippen molar-refractivity contribution in [2.24, 2.45) is 0 Å². The fourth-order valence-corrected chi connectivity index (χ4v) is 2.29. The molecule has 2 amide bonds. The lowest BCUT2D eigenvalue weighted by atomic mass is 10.1. The predicted molar refractivity (Wildman–Crippen MR) is 95.5 cm³/mol. The van der Waals surface area contributed by atoms with E-state index in [9.17, 15) is 9.59 Å². The molecule has 1 aromatic heterocycles. The number of nitrogens with zero attached hydrogens (tertiary/aromatic N) is 1. The molecule has 0 aliphatic carbocycles. The standard InChI is InChI=1S/C19H23N3O3/c1-25-13-12-22-19(24)17-14-16(9-11-20-17)18(23)21-10-5-8-15-6-3-2-4-7-15/h2-4,6-7,9,11,14H,5,8,10,12-13H2,1H3,(H,21,23)(H,22,24). The average molecular weight is 341 g/mol. The van der Waals surface area contributed by atoms with Gasteiger partial charge in [0, 0.05) is 32.0 Å². The van der Waals surface area contributed by atoms with Crippen LogP contribution < -0.4 is 10.6 Å². The first-order valence-corrected chi connectivity index (χ1v) is 8.26. The van der Waals surface area contributed by atoms with Crippen LogP contribution in [0.2, 0.25) is 0 Å². The van der Waals surface area contributed by atoms with Crippen molar-refractivity contribution in [1.29, 1.82) is 0 Å². The summed E-state index contributed by atoms with van der Waals surface area (Å²) in [6.07, 6.45) is 3.22. The number of rotatable bonds is 9. The van der Waals surface area contributed by atoms with Gasteiger partial charge in [-0.25, -0.2) is 0 Å². The maximum Gasteiger partial charge on any atom is 0.269 e. The molecule has 0 fully saturated rings. The molecular weight excluding hydrogens is 318 g/mol. The number of benzene rings is 1. The van der Waals surface area contributed by atoms with Crippen molar-refractivity contribution in [2.75, 3.05) is 26.8 Å². The van der Waals surface area contributed by atoms with E-state index >= 15 is 0 Å². The van der Waals surface area contributed by atoms with Crippen LogP contribution in [0.15, 0.2) is 48.7 Å². The molecule has 132 valence electrons. The first kappa shape index (κ1) is 18.6. The molecule has 0 saturated heterocycles. The van der Waals surface area contributed by atoms with Gasteiger partial charge in [-0.1, -0.05) is 30.3 Å². The number of methoxy groups -OCH3 is 1. The van der Waals surface area contributed by atoms with Crippen LogP contribution in [0, 0.1) is 0 Å². The van der Waals surface area contributed by atoms with Crippen molar-refractivity contribution in [3.63, 3.8) is 0 Å². The van der Waals surface area contributed by atoms with Gasteiger partial charge in [0.25, 0.3) is 11.8 Å². The zero-order valence-electron chi connectivity index (χ0n) is 14.3. The van der Waals surface area contributed by atoms with Crippen molar-refractivity contribution in [2.45, 2.75) is 12.8 Å². The second-order valence-electron chi connectivity index (χ2n) is 5.52. The Labute approximate surface area is 147 Å². The van der Waals surface area contributed by atoms with E-state index < -0.39 is 0 Å². The van der Waals surface area contributed by atoms with Gasteiger partial charge >= 0.3 is 0 Å². The van der Waals surface area contributed by atoms with Crippen LogP contribution in [0.3, 0.4) is 0 Å². The van der Waals surface area contributed by atoms with Crippen molar-refractivity contribution in [3.05, 3.63) is 65.5 Å². The van der Waals surface area contributed by atoms with Gasteiger partial charge in [0.05, 0.1) is 6.61 Å². The molecule has 2 aromatic rings. The van der Waals surface area contributed by atoms with Crippen LogP contribution in [0.1, 0.15) is 32.8 Å². The highest BCUT2D eigenvalue weighted by molar-refractivity contribution is 5.98. The number of carbonyl (C=O) groups excluding carboxylic acids is 2. The molecule has 1 heterocycles. The van der Waals surface area contributed by atoms with Crippen LogP contribution in [-0.4, -0.2) is 43.6 Å². The van der Waals surface area contributed by atoms with E-state index in [2.05, 4.69) is 27.8 Å². The molecule has 25 heavy (non-hydrogen) atoms. The number of hydrogen-bond donors (Lipinski definition) is 2. The van der Waals surface area contributed by atoms with Crippen LogP contribution in [0.25, 0.3) is 0 Å². The quantitative estimate of drug-likeness (QED) is 0.682. The van der Waals surface area contributed by atoms with Gasteiger partial charge < -0.3 is 15.4 Å². The highest BCUT2D eigenvalue weighted by Crippen LogP contribution is 2.04. The summed E-state index contributed by atoms with van der Waals surface area (Å²) in [4.78, 5) is 28.2. The van der Waals surface area contributed by atoms with E-state index in [-0.39, 0.29) is 17.5 Å². The summed E-state index contributed by atoms with van der Waals surface area (Å²) in [5.41, 5.74) is 1.88. The Kier molecular flexibility index (Phi) is 7.59. The minimum Gasteiger partial charge on any atom is -0.383 e. The summed E-state index contributed by atoms with van der Waals surface area (Å²) in [5, 5.41) is 5.55. The Balaban J connectivity index is 1.81. The number of aromatic nitrogens is 1. The first-order chi connectivity index (χ1) is 12.2. The molecule has 0 aliphatic rings. The lowest BCUT2D eigenvalue weighted by Gasteiger charge is -2.07. The van der Waals surface area contributed by atoms with Crippen LogP contribution in [0.5, 0.6) is 0 Å². The molecule has 0 saturated carbocycles. The highest BCUT2D eigenvalue weighted by Gasteiger charge is 2.11. The SMILES string of the molecule is COCCNC(=O)c1cc(C(=O)NCCCc2ccccc2)ccn1. The van der Waals surface area contributed by atoms with Crippen LogP contribution in [0.4, 0.5) is 0 Å². The minimum absolute atomic E-state index is 0.207. The number of pyridine rings is 1. The third kappa shape index (κ3) is 6.35. The van der Waals surface area contributed by atoms with Gasteiger partial charge in [-0.3, -0.25) is 14.6 Å². The normalized spacial score (nSPS) is 10.3. The lowest BCUT2D eigenvalue weighted by Crippen LogP contribution is -2.29. The molecule has 2 N–H and O–H groups in total. The van der Waals surface area contributed by atoms with Gasteiger partial charge in [0.1, 0.15) is 5.69 Å². The van der Waals surface area contributed by atoms with Crippen molar-refractivity contribution < 1.29 is 14.3 Å². The molecule has 1 aromatic carbocycles. The summed E-state index contributed by atoms with van der Waals surface area (Å²) in [7, 11) is 1.56. The van der Waals surface area contributed by atoms with E-state index in [0.717, 1.165) is 12.8 Å². The maximum atomic E-state index is 12.2. The molecule has 0 bridgehead atoms. The van der Waals surface area contributed by atoms with E-state index in [0.29, 0.717) is 25.3 Å². The van der Waals surface area contributed by atoms with Gasteiger partial charge in [0.15, 0.2) is 0 Å². The lowest BCUT2D eigenvalue weighted by molar-refractivity contribution is 0.0932. The Bertz CT molecular complexity index is 689. The number of aryl methyl sites for hydroxylation is 1. The minimum atomic E-state index is -0.323. The number of hydrogen-bond acceptors (Lipinski definition) is 4. The van der Waals surface area contributed by atoms with Crippen molar-refractivity contribution >= 4 is 11.8 Å². The Hall–Kier alpha value is -2.73. The van der Waals surface area contributed by atoms with E-state index in [1.807, 2.05) is 18.2 Å². The fourth-order valence-electron chi connectivity index (χ4n) is 2.29. The van der Waals surface area contributed by atoms with Gasteiger partial charge in [-0.15, -0.1) is 0 Å². The third-order valence-corrected chi connectivity index (χ3v) is 3.62. The predicted octanol–water partition coefficient (Wildman–Crippen LogP) is 1.82. The average Bonchev–Trinajstić information content (AvgIpc) is 2.66. The monoisotopic (exact) mass is 341 g/mol. The Morgan fingerprint density at radius 2 is 1.80 bits per heavy atom. The van der Waals surface area contributed by atoms with Crippen molar-refractivity contribution in [1.82, 2.24) is 15.6 Å². The van der Waals surface area contributed by atoms with Gasteiger partial charge in [0.2, 0.25) is 0 Å². The summed E-state index contributed by atoms with van der Waals surface area (Å²) in [5.74, 6) is -0.530. The van der Waals surface area contributed by atoms with Gasteiger partial charge in [-0.2, -0.15) is 0 Å². The summed E-state index contributed by atoms with van der Waals surface area (Å²) < 4.78 is 4.88. The summed E-state index contributed by atoms with van der Waals surface area (Å²) in [6.45, 7) is 1.39. The van der Waals surface area contributed by atoms with Crippen LogP contribution >= 0.6 is 0 Å². The number of amides is 2. The van der Waals surface area contributed by atoms with Crippen molar-refractivity contribution in [3.8, 4) is 0 Å². The number of ether oxygens (including phenoxy) is 1. The molecule has 0 atom stereocenters. The molecule has 0 unspecified atom stereocenters. The summed E-state index contributed by atoms with van der Waals surface area (Å²) in [6, 6.07) is 13.2. The fraction of sp³-hybridized carbons (Fsp3) is 0.316. The second-order valence-corrected chi connectivity index (χ2v) is 5.52. The zero-order chi connectivity index (χ0) is 17.9. The first-order valence-electron chi connectivity index (χ1n) is 8.26. The number of carbonyl (C=O) groups is 2. The molecule has 6 nitrogen and oxygen atoms in total. The van der Waals surface area contributed by atoms with E-state index in [4.69, 9.17) is 4.74 Å². The summed E-state index contributed by atoms with van der Waals surface area (Å²) >= 11 is 0. The Morgan fingerprint density at radius 1 is 1.04 bits per heavy atom. The zero-order valence-corrected chi connectivity index (χ0v) is 14.3. The highest BCUT2D eigenvalue weighted by atomic mass is 16.5. The molecule has 0 spiro atoms. The topological polar surface area (TPSA) is 80.3 Å². The Morgan fingerprint density at radius 3 is 2.56 bits per heavy atom. The molecular formula is C19H23N3O3. The smallest absolute Gasteiger partial charge is 0.269 e. The third-order valence-electron chi connectivity index (χ3n) is 3.62. The molecule has 2 rings (SSSR count). The maximum absolute atomic E-state index is 12.2. The van der Waals surface area contributed by atoms with Crippen LogP contribution in [-0.2, 0) is 11.2 Å². The molecule has 0 aliphatic heterocycles. The second kappa shape index (κ2) is 10.2.